The number of aryl methyl sites for hydroxylation is 2. The average Bonchev–Trinajstić information content (AvgIpc) is 3.39. The topological polar surface area (TPSA) is 144 Å². The Morgan fingerprint density at radius 3 is 1.73 bits per heavy atom. The largest absolute Gasteiger partial charge is 1.00 e. The number of anilines is 2. The van der Waals surface area contributed by atoms with Crippen LogP contribution in [0.5, 0.6) is 0 Å². The van der Waals surface area contributed by atoms with E-state index in [9.17, 15) is 33.6 Å². The number of nitrogens with one attached hydrogen (secondary N) is 1. The van der Waals surface area contributed by atoms with E-state index in [-0.39, 0.29) is 72.6 Å². The predicted molar refractivity (Wildman–Crippen MR) is 165 cm³/mol. The van der Waals surface area contributed by atoms with Gasteiger partial charge in [0.15, 0.2) is 0 Å². The molecule has 0 atom stereocenters. The number of hydrogen-bond donors (Lipinski definition) is 1. The number of Topliss-reactive ketones (excluding diaryl/α,β-unsaturated/α-hetero) is 2. The van der Waals surface area contributed by atoms with E-state index in [4.69, 9.17) is 0 Å². The van der Waals surface area contributed by atoms with Crippen molar-refractivity contribution in [1.82, 2.24) is 0 Å². The van der Waals surface area contributed by atoms with E-state index < -0.39 is 35.3 Å². The van der Waals surface area contributed by atoms with Gasteiger partial charge in [0, 0.05) is 19.3 Å². The van der Waals surface area contributed by atoms with Crippen LogP contribution in [0, 0.1) is 0 Å². The standard InChI is InChI=1S/C14H15NO3.C10H9NO2.C8H14O3.CH4.K.H/c1-3-5-12(16)15-11-7-6-9(4-2)8-10(11)13(17)14(15)18;1-2-6-3-4-8-7(5-6)9(12)10(13)11-8;1-3-5-7(9)11-8(10)6-4-2;;;/h6-8H,3-5H2,1-2H3;3-5H,2H2,1H3,(H,11,12,13);3-6H2,1-2H3;1H4;;/q;;;;+1;-1. The van der Waals surface area contributed by atoms with Crippen molar-refractivity contribution >= 4 is 52.6 Å². The fraction of sp³-hybridized carbons (Fsp3) is 0.424. The maximum atomic E-state index is 11.9. The summed E-state index contributed by atoms with van der Waals surface area (Å²) < 4.78 is 4.45. The summed E-state index contributed by atoms with van der Waals surface area (Å²) in [5, 5.41) is 2.51. The van der Waals surface area contributed by atoms with E-state index in [2.05, 4.69) is 10.1 Å². The zero-order valence-corrected chi connectivity index (χ0v) is 29.0. The number of benzene rings is 2. The Balaban J connectivity index is 0. The summed E-state index contributed by atoms with van der Waals surface area (Å²) in [6.45, 7) is 9.58. The maximum Gasteiger partial charge on any atom is 1.00 e. The monoisotopic (exact) mass is 634 g/mol. The summed E-state index contributed by atoms with van der Waals surface area (Å²) in [7, 11) is 0. The molecule has 4 rings (SSSR count). The molecular formula is C33H43KN2O8. The Morgan fingerprint density at radius 1 is 0.727 bits per heavy atom. The molecule has 234 valence electrons. The zero-order chi connectivity index (χ0) is 31.4. The second kappa shape index (κ2) is 20.2. The van der Waals surface area contributed by atoms with Crippen LogP contribution in [-0.2, 0) is 41.6 Å². The fourth-order valence-electron chi connectivity index (χ4n) is 4.13. The molecule has 2 aliphatic heterocycles. The van der Waals surface area contributed by atoms with E-state index in [0.717, 1.165) is 41.7 Å². The summed E-state index contributed by atoms with van der Waals surface area (Å²) >= 11 is 0. The van der Waals surface area contributed by atoms with Gasteiger partial charge in [-0.1, -0.05) is 54.2 Å². The molecule has 0 saturated heterocycles. The number of rotatable bonds is 8. The van der Waals surface area contributed by atoms with Gasteiger partial charge in [-0.15, -0.1) is 0 Å². The normalized spacial score (nSPS) is 12.2. The Kier molecular flexibility index (Phi) is 18.9. The molecule has 0 saturated carbocycles. The van der Waals surface area contributed by atoms with Crippen LogP contribution in [0.4, 0.5) is 11.4 Å². The minimum absolute atomic E-state index is 0. The van der Waals surface area contributed by atoms with Crippen molar-refractivity contribution in [3.8, 4) is 0 Å². The Morgan fingerprint density at radius 2 is 1.23 bits per heavy atom. The van der Waals surface area contributed by atoms with Crippen molar-refractivity contribution in [1.29, 1.82) is 0 Å². The van der Waals surface area contributed by atoms with Crippen LogP contribution in [0.3, 0.4) is 0 Å². The van der Waals surface area contributed by atoms with Crippen LogP contribution in [0.15, 0.2) is 36.4 Å². The number of fused-ring (bicyclic) bond motifs is 2. The quantitative estimate of drug-likeness (QED) is 0.202. The smallest absolute Gasteiger partial charge is 1.00 e. The Bertz CT molecular complexity index is 1380. The van der Waals surface area contributed by atoms with Gasteiger partial charge in [0.05, 0.1) is 22.5 Å². The summed E-state index contributed by atoms with van der Waals surface area (Å²) in [6.07, 6.45) is 4.68. The molecule has 10 nitrogen and oxygen atoms in total. The van der Waals surface area contributed by atoms with Crippen molar-refractivity contribution in [2.75, 3.05) is 10.2 Å². The van der Waals surface area contributed by atoms with E-state index >= 15 is 0 Å². The first-order valence-corrected chi connectivity index (χ1v) is 14.3. The molecule has 2 aliphatic rings. The molecule has 11 heteroatoms. The van der Waals surface area contributed by atoms with Crippen molar-refractivity contribution in [3.63, 3.8) is 0 Å². The van der Waals surface area contributed by atoms with E-state index in [1.54, 1.807) is 24.3 Å². The molecule has 0 radical (unpaired) electrons. The molecule has 2 aromatic carbocycles. The van der Waals surface area contributed by atoms with Gasteiger partial charge in [0.25, 0.3) is 17.5 Å². The average molecular weight is 635 g/mol. The van der Waals surface area contributed by atoms with Gasteiger partial charge in [0.1, 0.15) is 0 Å². The fourth-order valence-corrected chi connectivity index (χ4v) is 4.13. The molecule has 0 unspecified atom stereocenters. The number of carbonyl (C=O) groups excluding carboxylic acids is 7. The van der Waals surface area contributed by atoms with Crippen LogP contribution in [0.2, 0.25) is 0 Å². The molecule has 0 fully saturated rings. The number of amides is 3. The summed E-state index contributed by atoms with van der Waals surface area (Å²) in [6, 6.07) is 10.7. The van der Waals surface area contributed by atoms with E-state index in [1.807, 2.05) is 46.8 Å². The van der Waals surface area contributed by atoms with Crippen LogP contribution in [0.25, 0.3) is 0 Å². The minimum Gasteiger partial charge on any atom is -1.00 e. The van der Waals surface area contributed by atoms with Crippen LogP contribution >= 0.6 is 0 Å². The van der Waals surface area contributed by atoms with Crippen molar-refractivity contribution in [3.05, 3.63) is 58.7 Å². The van der Waals surface area contributed by atoms with Crippen molar-refractivity contribution in [2.24, 2.45) is 0 Å². The number of hydrogen-bond acceptors (Lipinski definition) is 8. The zero-order valence-electron chi connectivity index (χ0n) is 26.8. The van der Waals surface area contributed by atoms with Gasteiger partial charge in [-0.3, -0.25) is 33.6 Å². The molecule has 1 N–H and O–H groups in total. The van der Waals surface area contributed by atoms with Crippen molar-refractivity contribution < 1.29 is 91.1 Å². The molecule has 0 bridgehead atoms. The van der Waals surface area contributed by atoms with Gasteiger partial charge < -0.3 is 11.5 Å². The van der Waals surface area contributed by atoms with Gasteiger partial charge >= 0.3 is 69.2 Å². The first-order chi connectivity index (χ1) is 20.0. The number of esters is 2. The van der Waals surface area contributed by atoms with Crippen LogP contribution in [0.1, 0.15) is 114 Å². The number of ketones is 2. The number of nitrogens with zero attached hydrogens (tertiary/aromatic N) is 1. The Labute approximate surface area is 303 Å². The van der Waals surface area contributed by atoms with Crippen LogP contribution in [-0.4, -0.2) is 41.2 Å². The number of ether oxygens (including phenoxy) is 1. The van der Waals surface area contributed by atoms with Crippen molar-refractivity contribution in [2.45, 2.75) is 93.4 Å². The third-order valence-corrected chi connectivity index (χ3v) is 6.39. The first-order valence-electron chi connectivity index (χ1n) is 14.3. The molecule has 0 spiro atoms. The molecular weight excluding hydrogens is 591 g/mol. The Hall–Kier alpha value is -2.83. The van der Waals surface area contributed by atoms with Gasteiger partial charge in [-0.05, 0) is 67.5 Å². The second-order valence-electron chi connectivity index (χ2n) is 9.68. The first kappa shape index (κ1) is 41.2. The molecule has 3 amide bonds. The summed E-state index contributed by atoms with van der Waals surface area (Å²) in [5.41, 5.74) is 3.98. The second-order valence-corrected chi connectivity index (χ2v) is 9.68. The van der Waals surface area contributed by atoms with Gasteiger partial charge in [0.2, 0.25) is 5.91 Å². The van der Waals surface area contributed by atoms with Crippen LogP contribution < -0.4 is 61.6 Å². The third-order valence-electron chi connectivity index (χ3n) is 6.39. The minimum atomic E-state index is -0.725. The molecule has 0 aliphatic carbocycles. The third kappa shape index (κ3) is 11.0. The summed E-state index contributed by atoms with van der Waals surface area (Å²) in [5.74, 6) is -3.38. The summed E-state index contributed by atoms with van der Waals surface area (Å²) in [4.78, 5) is 80.2. The van der Waals surface area contributed by atoms with E-state index in [1.165, 1.54) is 0 Å². The van der Waals surface area contributed by atoms with E-state index in [0.29, 0.717) is 41.8 Å². The van der Waals surface area contributed by atoms with Gasteiger partial charge in [-0.25, -0.2) is 4.90 Å². The predicted octanol–water partition coefficient (Wildman–Crippen LogP) is 2.90. The molecule has 44 heavy (non-hydrogen) atoms. The number of imide groups is 1. The SMILES string of the molecule is C.CCCC(=O)N1C(=O)C(=O)c2cc(CC)ccc21.CCCC(=O)OC(=O)CCC.CCc1ccc2c(c1)C(=O)C(=O)N2.[H-].[K+]. The maximum absolute atomic E-state index is 11.9. The molecule has 2 heterocycles. The molecule has 0 aromatic heterocycles. The number of carbonyl (C=O) groups is 7. The van der Waals surface area contributed by atoms with Gasteiger partial charge in [-0.2, -0.15) is 0 Å². The molecule has 2 aromatic rings.